The predicted octanol–water partition coefficient (Wildman–Crippen LogP) is 24.4. The number of carbonyl (C=O) groups is 3. The van der Waals surface area contributed by atoms with Gasteiger partial charge in [-0.3, -0.25) is 14.4 Å². The van der Waals surface area contributed by atoms with E-state index in [1.165, 1.54) is 212 Å². The van der Waals surface area contributed by atoms with E-state index in [0.29, 0.717) is 19.3 Å². The van der Waals surface area contributed by atoms with Gasteiger partial charge in [-0.15, -0.1) is 0 Å². The number of esters is 3. The molecule has 0 radical (unpaired) electrons. The van der Waals surface area contributed by atoms with E-state index < -0.39 is 6.10 Å². The second-order valence-electron chi connectivity index (χ2n) is 23.4. The molecule has 472 valence electrons. The second-order valence-corrected chi connectivity index (χ2v) is 23.4. The molecule has 0 aliphatic rings. The molecular weight excluding hydrogens is 1010 g/mol. The van der Waals surface area contributed by atoms with Crippen LogP contribution in [0, 0.1) is 0 Å². The molecule has 0 aromatic rings. The zero-order valence-corrected chi connectivity index (χ0v) is 54.2. The Balaban J connectivity index is 4.45. The average Bonchev–Trinajstić information content (AvgIpc) is 3.48. The molecule has 0 aliphatic carbocycles. The summed E-state index contributed by atoms with van der Waals surface area (Å²) >= 11 is 0. The summed E-state index contributed by atoms with van der Waals surface area (Å²) in [6, 6.07) is 0. The lowest BCUT2D eigenvalue weighted by Gasteiger charge is -2.18. The van der Waals surface area contributed by atoms with Crippen LogP contribution >= 0.6 is 0 Å². The van der Waals surface area contributed by atoms with Crippen molar-refractivity contribution in [3.8, 4) is 0 Å². The van der Waals surface area contributed by atoms with Crippen LogP contribution in [0.4, 0.5) is 0 Å². The topological polar surface area (TPSA) is 78.9 Å². The Labute approximate surface area is 508 Å². The fourth-order valence-corrected chi connectivity index (χ4v) is 10.1. The summed E-state index contributed by atoms with van der Waals surface area (Å²) in [7, 11) is 0. The number of hydrogen-bond acceptors (Lipinski definition) is 6. The van der Waals surface area contributed by atoms with Crippen LogP contribution in [0.25, 0.3) is 0 Å². The first kappa shape index (κ1) is 78.3. The van der Waals surface area contributed by atoms with Gasteiger partial charge in [-0.05, 0) is 96.3 Å². The molecule has 1 atom stereocenters. The van der Waals surface area contributed by atoms with E-state index in [4.69, 9.17) is 14.2 Å². The van der Waals surface area contributed by atoms with Crippen LogP contribution in [0.3, 0.4) is 0 Å². The molecule has 82 heavy (non-hydrogen) atoms. The van der Waals surface area contributed by atoms with Crippen LogP contribution < -0.4 is 0 Å². The molecule has 0 amide bonds. The molecular formula is C76H132O6. The normalized spacial score (nSPS) is 12.7. The summed E-state index contributed by atoms with van der Waals surface area (Å²) < 4.78 is 17.0. The summed E-state index contributed by atoms with van der Waals surface area (Å²) in [6.45, 7) is 6.53. The summed E-state index contributed by atoms with van der Waals surface area (Å²) in [6.07, 6.45) is 94.3. The number of allylic oxidation sites excluding steroid dienone is 16. The molecule has 0 aromatic carbocycles. The molecule has 6 nitrogen and oxygen atoms in total. The Morgan fingerprint density at radius 3 is 0.805 bits per heavy atom. The molecule has 1 unspecified atom stereocenters. The van der Waals surface area contributed by atoms with E-state index in [1.54, 1.807) is 0 Å². The molecule has 0 N–H and O–H groups in total. The lowest BCUT2D eigenvalue weighted by atomic mass is 10.0. The highest BCUT2D eigenvalue weighted by Gasteiger charge is 2.19. The monoisotopic (exact) mass is 1140 g/mol. The van der Waals surface area contributed by atoms with Crippen LogP contribution in [0.1, 0.15) is 348 Å². The van der Waals surface area contributed by atoms with Gasteiger partial charge in [-0.2, -0.15) is 0 Å². The quantitative estimate of drug-likeness (QED) is 0.0261. The maximum atomic E-state index is 13.0. The van der Waals surface area contributed by atoms with Crippen molar-refractivity contribution in [1.82, 2.24) is 0 Å². The van der Waals surface area contributed by atoms with Crippen molar-refractivity contribution in [3.05, 3.63) is 97.2 Å². The highest BCUT2D eigenvalue weighted by Crippen LogP contribution is 2.18. The molecule has 0 bridgehead atoms. The van der Waals surface area contributed by atoms with Crippen LogP contribution in [0.2, 0.25) is 0 Å². The van der Waals surface area contributed by atoms with Crippen LogP contribution in [0.5, 0.6) is 0 Å². The second kappa shape index (κ2) is 69.8. The minimum absolute atomic E-state index is 0.0938. The number of carbonyl (C=O) groups excluding carboxylic acids is 3. The van der Waals surface area contributed by atoms with E-state index in [2.05, 4.69) is 118 Å². The van der Waals surface area contributed by atoms with Gasteiger partial charge in [0.25, 0.3) is 0 Å². The fourth-order valence-electron chi connectivity index (χ4n) is 10.1. The van der Waals surface area contributed by atoms with E-state index in [1.807, 2.05) is 0 Å². The Morgan fingerprint density at radius 1 is 0.256 bits per heavy atom. The maximum Gasteiger partial charge on any atom is 0.306 e. The standard InChI is InChI=1S/C76H132O6/c1-4-7-10-13-16-19-22-25-28-31-34-36-38-40-42-45-48-51-54-57-60-63-66-69-75(78)81-72-73(71-80-74(77)68-65-62-59-56-53-50-47-44-41-33-30-27-24-21-18-15-12-9-6-3)82-76(79)70-67-64-61-58-55-52-49-46-43-39-37-35-32-29-26-23-20-17-14-11-8-5-2/h7,10,16,19,25,27-28,30,34,36,40,42,48,51,57,60,73H,4-6,8-9,11-15,17-18,20-24,26,29,31-33,35,37-39,41,43-47,49-50,52-56,58-59,61-72H2,1-3H3/b10-7-,19-16-,28-25-,30-27-,36-34-,42-40-,51-48-,60-57-. The van der Waals surface area contributed by atoms with Crippen molar-refractivity contribution in [2.45, 2.75) is 354 Å². The van der Waals surface area contributed by atoms with Crippen LogP contribution in [0.15, 0.2) is 97.2 Å². The van der Waals surface area contributed by atoms with Crippen molar-refractivity contribution < 1.29 is 28.6 Å². The molecule has 0 spiro atoms. The van der Waals surface area contributed by atoms with Crippen molar-refractivity contribution >= 4 is 17.9 Å². The van der Waals surface area contributed by atoms with Crippen molar-refractivity contribution in [1.29, 1.82) is 0 Å². The molecule has 0 saturated carbocycles. The molecule has 6 heteroatoms. The fraction of sp³-hybridized carbons (Fsp3) is 0.750. The van der Waals surface area contributed by atoms with Crippen LogP contribution in [-0.2, 0) is 28.6 Å². The minimum Gasteiger partial charge on any atom is -0.462 e. The van der Waals surface area contributed by atoms with E-state index in [-0.39, 0.29) is 37.5 Å². The summed E-state index contributed by atoms with van der Waals surface area (Å²) in [5.41, 5.74) is 0. The lowest BCUT2D eigenvalue weighted by Crippen LogP contribution is -2.30. The Bertz CT molecular complexity index is 1590. The van der Waals surface area contributed by atoms with Crippen molar-refractivity contribution in [2.75, 3.05) is 13.2 Å². The number of rotatable bonds is 64. The molecule has 0 rings (SSSR count). The van der Waals surface area contributed by atoms with Gasteiger partial charge in [-0.1, -0.05) is 330 Å². The highest BCUT2D eigenvalue weighted by molar-refractivity contribution is 5.71. The van der Waals surface area contributed by atoms with E-state index >= 15 is 0 Å². The zero-order valence-electron chi connectivity index (χ0n) is 54.2. The first-order valence-corrected chi connectivity index (χ1v) is 35.2. The van der Waals surface area contributed by atoms with Crippen molar-refractivity contribution in [3.63, 3.8) is 0 Å². The average molecular weight is 1140 g/mol. The SMILES string of the molecule is CC/C=C\C/C=C\C/C=C\C/C=C\C/C=C\C/C=C\C/C=C\CCCC(=O)OCC(COC(=O)CCCCCCCCCCC/C=C\CCCCCCCC)OC(=O)CCCCCCCCCCCCCCCCCCCCCCCC. The van der Waals surface area contributed by atoms with Gasteiger partial charge in [0.1, 0.15) is 13.2 Å². The minimum atomic E-state index is -0.803. The predicted molar refractivity (Wildman–Crippen MR) is 357 cm³/mol. The molecule has 0 aromatic heterocycles. The van der Waals surface area contributed by atoms with E-state index in [0.717, 1.165) is 89.9 Å². The van der Waals surface area contributed by atoms with Gasteiger partial charge in [0, 0.05) is 19.3 Å². The van der Waals surface area contributed by atoms with Gasteiger partial charge >= 0.3 is 17.9 Å². The Hall–Kier alpha value is -3.67. The third-order valence-electron chi connectivity index (χ3n) is 15.3. The third kappa shape index (κ3) is 67.1. The summed E-state index contributed by atoms with van der Waals surface area (Å²) in [5.74, 6) is -0.940. The number of unbranched alkanes of at least 4 members (excludes halogenated alkanes) is 37. The smallest absolute Gasteiger partial charge is 0.306 e. The highest BCUT2D eigenvalue weighted by atomic mass is 16.6. The van der Waals surface area contributed by atoms with Gasteiger partial charge < -0.3 is 14.2 Å². The summed E-state index contributed by atoms with van der Waals surface area (Å²) in [5, 5.41) is 0. The lowest BCUT2D eigenvalue weighted by molar-refractivity contribution is -0.167. The Morgan fingerprint density at radius 2 is 0.488 bits per heavy atom. The maximum absolute atomic E-state index is 13.0. The molecule has 0 aliphatic heterocycles. The van der Waals surface area contributed by atoms with Gasteiger partial charge in [0.2, 0.25) is 0 Å². The number of ether oxygens (including phenoxy) is 3. The van der Waals surface area contributed by atoms with Gasteiger partial charge in [-0.25, -0.2) is 0 Å². The Kier molecular flexibility index (Phi) is 66.7. The third-order valence-corrected chi connectivity index (χ3v) is 15.3. The van der Waals surface area contributed by atoms with Gasteiger partial charge in [0.05, 0.1) is 0 Å². The molecule has 0 saturated heterocycles. The molecule has 0 heterocycles. The number of hydrogen-bond donors (Lipinski definition) is 0. The first-order valence-electron chi connectivity index (χ1n) is 35.2. The van der Waals surface area contributed by atoms with Crippen molar-refractivity contribution in [2.24, 2.45) is 0 Å². The van der Waals surface area contributed by atoms with Crippen LogP contribution in [-0.4, -0.2) is 37.2 Å². The molecule has 0 fully saturated rings. The summed E-state index contributed by atoms with van der Waals surface area (Å²) in [4.78, 5) is 38.5. The zero-order chi connectivity index (χ0) is 59.2. The first-order chi connectivity index (χ1) is 40.5. The largest absolute Gasteiger partial charge is 0.462 e. The van der Waals surface area contributed by atoms with Gasteiger partial charge in [0.15, 0.2) is 6.10 Å². The van der Waals surface area contributed by atoms with E-state index in [9.17, 15) is 14.4 Å².